The SMILES string of the molecule is COc1cc(C2CC(=O)Nc3n[nH]cc32)ccc1COc1ccc(C(C)=O)cc1C(F)(F)F. The van der Waals surface area contributed by atoms with Crippen LogP contribution in [0.3, 0.4) is 0 Å². The number of carbonyl (C=O) groups is 2. The molecule has 1 atom stereocenters. The van der Waals surface area contributed by atoms with E-state index in [0.717, 1.165) is 23.3 Å². The third kappa shape index (κ3) is 4.55. The number of halogens is 3. The van der Waals surface area contributed by atoms with Crippen LogP contribution in [0.5, 0.6) is 11.5 Å². The van der Waals surface area contributed by atoms with Gasteiger partial charge in [0.15, 0.2) is 11.6 Å². The molecule has 0 fully saturated rings. The maximum absolute atomic E-state index is 13.5. The van der Waals surface area contributed by atoms with Gasteiger partial charge in [-0.1, -0.05) is 12.1 Å². The zero-order valence-electron chi connectivity index (χ0n) is 17.7. The van der Waals surface area contributed by atoms with Gasteiger partial charge in [-0.3, -0.25) is 14.7 Å². The molecule has 0 saturated heterocycles. The molecule has 2 heterocycles. The topological polar surface area (TPSA) is 93.3 Å². The van der Waals surface area contributed by atoms with E-state index in [9.17, 15) is 22.8 Å². The highest BCUT2D eigenvalue weighted by Crippen LogP contribution is 2.39. The molecule has 2 N–H and O–H groups in total. The number of carbonyl (C=O) groups excluding carboxylic acids is 2. The van der Waals surface area contributed by atoms with Crippen molar-refractivity contribution in [3.8, 4) is 11.5 Å². The first-order valence-electron chi connectivity index (χ1n) is 10.0. The van der Waals surface area contributed by atoms with Crippen LogP contribution in [0, 0.1) is 0 Å². The summed E-state index contributed by atoms with van der Waals surface area (Å²) in [6.07, 6.45) is -2.74. The van der Waals surface area contributed by atoms with Gasteiger partial charge < -0.3 is 14.8 Å². The van der Waals surface area contributed by atoms with Crippen LogP contribution in [0.15, 0.2) is 42.6 Å². The number of hydrogen-bond donors (Lipinski definition) is 2. The molecule has 10 heteroatoms. The average Bonchev–Trinajstić information content (AvgIpc) is 3.24. The van der Waals surface area contributed by atoms with E-state index in [1.807, 2.05) is 0 Å². The minimum atomic E-state index is -4.68. The molecule has 0 spiro atoms. The molecule has 3 aromatic rings. The molecule has 1 amide bonds. The molecule has 0 bridgehead atoms. The third-order valence-electron chi connectivity index (χ3n) is 5.48. The molecule has 1 aromatic heterocycles. The number of benzene rings is 2. The molecular weight excluding hydrogens is 439 g/mol. The first-order valence-corrected chi connectivity index (χ1v) is 10.0. The summed E-state index contributed by atoms with van der Waals surface area (Å²) in [6.45, 7) is 1.01. The summed E-state index contributed by atoms with van der Waals surface area (Å²) in [5.74, 6) is -0.382. The van der Waals surface area contributed by atoms with Crippen LogP contribution in [0.1, 0.15) is 51.9 Å². The lowest BCUT2D eigenvalue weighted by atomic mass is 9.87. The number of anilines is 1. The van der Waals surface area contributed by atoms with E-state index in [1.54, 1.807) is 24.4 Å². The van der Waals surface area contributed by atoms with Gasteiger partial charge in [-0.2, -0.15) is 18.3 Å². The van der Waals surface area contributed by atoms with Gasteiger partial charge in [0.2, 0.25) is 5.91 Å². The molecule has 7 nitrogen and oxygen atoms in total. The van der Waals surface area contributed by atoms with Crippen molar-refractivity contribution < 1.29 is 32.2 Å². The van der Waals surface area contributed by atoms with E-state index in [2.05, 4.69) is 15.5 Å². The first kappa shape index (κ1) is 22.4. The first-order chi connectivity index (χ1) is 15.7. The van der Waals surface area contributed by atoms with Crippen LogP contribution < -0.4 is 14.8 Å². The maximum Gasteiger partial charge on any atom is 0.419 e. The van der Waals surface area contributed by atoms with Crippen molar-refractivity contribution in [2.45, 2.75) is 32.0 Å². The highest BCUT2D eigenvalue weighted by Gasteiger charge is 2.35. The van der Waals surface area contributed by atoms with Gasteiger partial charge in [0.1, 0.15) is 18.1 Å². The number of ether oxygens (including phenoxy) is 2. The number of alkyl halides is 3. The van der Waals surface area contributed by atoms with Crippen molar-refractivity contribution in [1.82, 2.24) is 10.2 Å². The van der Waals surface area contributed by atoms with Crippen LogP contribution in [0.25, 0.3) is 0 Å². The number of ketones is 1. The molecule has 172 valence electrons. The summed E-state index contributed by atoms with van der Waals surface area (Å²) < 4.78 is 51.4. The van der Waals surface area contributed by atoms with Crippen molar-refractivity contribution in [3.63, 3.8) is 0 Å². The Kier molecular flexibility index (Phi) is 5.84. The van der Waals surface area contributed by atoms with E-state index >= 15 is 0 Å². The fraction of sp³-hybridized carbons (Fsp3) is 0.261. The summed E-state index contributed by atoms with van der Waals surface area (Å²) in [5, 5.41) is 9.47. The lowest BCUT2D eigenvalue weighted by molar-refractivity contribution is -0.139. The van der Waals surface area contributed by atoms with Crippen LogP contribution >= 0.6 is 0 Å². The largest absolute Gasteiger partial charge is 0.496 e. The quantitative estimate of drug-likeness (QED) is 0.522. The highest BCUT2D eigenvalue weighted by molar-refractivity contribution is 5.94. The van der Waals surface area contributed by atoms with E-state index in [-0.39, 0.29) is 36.2 Å². The molecular formula is C23H20F3N3O4. The lowest BCUT2D eigenvalue weighted by Gasteiger charge is -2.23. The zero-order chi connectivity index (χ0) is 23.8. The zero-order valence-corrected chi connectivity index (χ0v) is 17.7. The van der Waals surface area contributed by atoms with Gasteiger partial charge >= 0.3 is 6.18 Å². The number of nitrogens with zero attached hydrogens (tertiary/aromatic N) is 1. The average molecular weight is 459 g/mol. The van der Waals surface area contributed by atoms with E-state index in [1.165, 1.54) is 20.1 Å². The van der Waals surface area contributed by atoms with Crippen molar-refractivity contribution in [2.75, 3.05) is 12.4 Å². The third-order valence-corrected chi connectivity index (χ3v) is 5.48. The minimum absolute atomic E-state index is 0.0493. The number of fused-ring (bicyclic) bond motifs is 1. The number of H-pyrrole nitrogens is 1. The number of aromatic amines is 1. The van der Waals surface area contributed by atoms with Crippen molar-refractivity contribution in [3.05, 3.63) is 70.4 Å². The number of aromatic nitrogens is 2. The Labute approximate surface area is 186 Å². The van der Waals surface area contributed by atoms with Crippen LogP contribution in [-0.2, 0) is 17.6 Å². The summed E-state index contributed by atoms with van der Waals surface area (Å²) in [6, 6.07) is 8.44. The molecule has 0 radical (unpaired) electrons. The number of amides is 1. The molecule has 1 aliphatic rings. The Morgan fingerprint density at radius 1 is 1.18 bits per heavy atom. The van der Waals surface area contributed by atoms with Gasteiger partial charge in [-0.05, 0) is 36.8 Å². The second-order valence-corrected chi connectivity index (χ2v) is 7.62. The second kappa shape index (κ2) is 8.61. The minimum Gasteiger partial charge on any atom is -0.496 e. The monoisotopic (exact) mass is 459 g/mol. The summed E-state index contributed by atoms with van der Waals surface area (Å²) in [4.78, 5) is 23.5. The number of methoxy groups -OCH3 is 1. The standard InChI is InChI=1S/C23H20F3N3O4/c1-12(30)13-5-6-19(18(7-13)23(24,25)26)33-11-15-4-3-14(8-20(15)32-2)16-9-21(31)28-22-17(16)10-27-29-22/h3-8,10,16H,9,11H2,1-2H3,(H2,27,28,29,31). The van der Waals surface area contributed by atoms with Crippen LogP contribution in [-0.4, -0.2) is 29.0 Å². The van der Waals surface area contributed by atoms with Gasteiger partial charge in [0, 0.05) is 35.2 Å². The van der Waals surface area contributed by atoms with Gasteiger partial charge in [-0.15, -0.1) is 0 Å². The molecule has 4 rings (SSSR count). The number of Topliss-reactive ketones (excluding diaryl/α,β-unsaturated/α-hetero) is 1. The van der Waals surface area contributed by atoms with Crippen molar-refractivity contribution in [2.24, 2.45) is 0 Å². The molecule has 1 aliphatic heterocycles. The summed E-state index contributed by atoms with van der Waals surface area (Å²) in [7, 11) is 1.45. The summed E-state index contributed by atoms with van der Waals surface area (Å²) in [5.41, 5.74) is 1.09. The smallest absolute Gasteiger partial charge is 0.419 e. The normalized spacial score (nSPS) is 15.5. The highest BCUT2D eigenvalue weighted by atomic mass is 19.4. The molecule has 0 saturated carbocycles. The Morgan fingerprint density at radius 3 is 2.67 bits per heavy atom. The predicted octanol–water partition coefficient (Wildman–Crippen LogP) is 4.69. The Balaban J connectivity index is 1.60. The van der Waals surface area contributed by atoms with E-state index < -0.39 is 17.5 Å². The van der Waals surface area contributed by atoms with E-state index in [4.69, 9.17) is 9.47 Å². The number of nitrogens with one attached hydrogen (secondary N) is 2. The molecule has 1 unspecified atom stereocenters. The number of rotatable bonds is 6. The Morgan fingerprint density at radius 2 is 1.97 bits per heavy atom. The Bertz CT molecular complexity index is 1220. The second-order valence-electron chi connectivity index (χ2n) is 7.62. The van der Waals surface area contributed by atoms with Crippen LogP contribution in [0.2, 0.25) is 0 Å². The molecule has 2 aromatic carbocycles. The number of hydrogen-bond acceptors (Lipinski definition) is 5. The predicted molar refractivity (Wildman–Crippen MR) is 112 cm³/mol. The fourth-order valence-corrected chi connectivity index (χ4v) is 3.79. The molecule has 33 heavy (non-hydrogen) atoms. The van der Waals surface area contributed by atoms with Gasteiger partial charge in [0.05, 0.1) is 12.7 Å². The summed E-state index contributed by atoms with van der Waals surface area (Å²) >= 11 is 0. The lowest BCUT2D eigenvalue weighted by Crippen LogP contribution is -2.23. The van der Waals surface area contributed by atoms with Crippen molar-refractivity contribution in [1.29, 1.82) is 0 Å². The van der Waals surface area contributed by atoms with Crippen LogP contribution in [0.4, 0.5) is 19.0 Å². The van der Waals surface area contributed by atoms with Crippen molar-refractivity contribution >= 4 is 17.5 Å². The fourth-order valence-electron chi connectivity index (χ4n) is 3.79. The van der Waals surface area contributed by atoms with Gasteiger partial charge in [-0.25, -0.2) is 0 Å². The maximum atomic E-state index is 13.5. The van der Waals surface area contributed by atoms with Gasteiger partial charge in [0.25, 0.3) is 0 Å². The van der Waals surface area contributed by atoms with E-state index in [0.29, 0.717) is 17.1 Å². The Hall–Kier alpha value is -3.82. The molecule has 0 aliphatic carbocycles.